The van der Waals surface area contributed by atoms with Gasteiger partial charge in [-0.05, 0) is 31.1 Å². The third-order valence-corrected chi connectivity index (χ3v) is 4.56. The molecule has 1 saturated heterocycles. The molecule has 0 spiro atoms. The maximum atomic E-state index is 5.43. The number of imidazole rings is 1. The lowest BCUT2D eigenvalue weighted by Crippen LogP contribution is -2.40. The van der Waals surface area contributed by atoms with Gasteiger partial charge in [-0.2, -0.15) is 0 Å². The van der Waals surface area contributed by atoms with E-state index in [1.165, 1.54) is 19.3 Å². The topological polar surface area (TPSA) is 54.7 Å². The molecule has 7 heteroatoms. The molecule has 1 aromatic heterocycles. The fraction of sp³-hybridized carbons (Fsp3) is 0.778. The summed E-state index contributed by atoms with van der Waals surface area (Å²) in [4.78, 5) is 11.1. The molecule has 2 rings (SSSR count). The van der Waals surface area contributed by atoms with E-state index in [0.29, 0.717) is 12.5 Å². The first-order valence-electron chi connectivity index (χ1n) is 9.09. The van der Waals surface area contributed by atoms with Crippen LogP contribution >= 0.6 is 24.0 Å². The predicted octanol–water partition coefficient (Wildman–Crippen LogP) is 2.98. The van der Waals surface area contributed by atoms with Gasteiger partial charge in [-0.1, -0.05) is 13.8 Å². The Labute approximate surface area is 169 Å². The van der Waals surface area contributed by atoms with Crippen molar-refractivity contribution in [2.75, 3.05) is 33.9 Å². The number of hydrogen-bond donors (Lipinski definition) is 1. The molecule has 144 valence electrons. The highest BCUT2D eigenvalue weighted by Crippen LogP contribution is 2.18. The number of guanidine groups is 1. The quantitative estimate of drug-likeness (QED) is 0.384. The van der Waals surface area contributed by atoms with Gasteiger partial charge in [0, 0.05) is 52.8 Å². The zero-order valence-electron chi connectivity index (χ0n) is 16.1. The standard InChI is InChI=1S/C18H33N5O.HI/c1-15(2)14-23-10-8-20-17(23)13-21-18(19-3)22(4)9-5-16-6-11-24-12-7-16;/h8,10,15-16H,5-7,9,11-14H2,1-4H3,(H,19,21);1H. The molecule has 0 aliphatic carbocycles. The maximum Gasteiger partial charge on any atom is 0.193 e. The molecular weight excluding hydrogens is 429 g/mol. The summed E-state index contributed by atoms with van der Waals surface area (Å²) in [5.74, 6) is 3.38. The van der Waals surface area contributed by atoms with Gasteiger partial charge in [0.15, 0.2) is 5.96 Å². The normalized spacial score (nSPS) is 16.0. The first kappa shape index (κ1) is 22.2. The number of aliphatic imine (C=N–C) groups is 1. The largest absolute Gasteiger partial charge is 0.381 e. The minimum Gasteiger partial charge on any atom is -0.381 e. The van der Waals surface area contributed by atoms with Crippen molar-refractivity contribution in [2.45, 2.75) is 46.2 Å². The smallest absolute Gasteiger partial charge is 0.193 e. The molecule has 0 saturated carbocycles. The molecular formula is C18H34IN5O. The highest BCUT2D eigenvalue weighted by molar-refractivity contribution is 14.0. The zero-order chi connectivity index (χ0) is 17.4. The monoisotopic (exact) mass is 463 g/mol. The van der Waals surface area contributed by atoms with E-state index in [-0.39, 0.29) is 24.0 Å². The summed E-state index contributed by atoms with van der Waals surface area (Å²) in [6.07, 6.45) is 7.49. The van der Waals surface area contributed by atoms with E-state index in [0.717, 1.165) is 44.0 Å². The summed E-state index contributed by atoms with van der Waals surface area (Å²) >= 11 is 0. The number of halogens is 1. The summed E-state index contributed by atoms with van der Waals surface area (Å²) < 4.78 is 7.65. The second-order valence-electron chi connectivity index (χ2n) is 7.06. The average molecular weight is 463 g/mol. The van der Waals surface area contributed by atoms with Crippen LogP contribution in [0.3, 0.4) is 0 Å². The minimum atomic E-state index is 0. The molecule has 1 aliphatic rings. The van der Waals surface area contributed by atoms with Crippen molar-refractivity contribution in [3.8, 4) is 0 Å². The zero-order valence-corrected chi connectivity index (χ0v) is 18.4. The molecule has 2 heterocycles. The van der Waals surface area contributed by atoms with Crippen molar-refractivity contribution in [3.05, 3.63) is 18.2 Å². The fourth-order valence-corrected chi connectivity index (χ4v) is 3.13. The van der Waals surface area contributed by atoms with Crippen LogP contribution in [0.4, 0.5) is 0 Å². The number of rotatable bonds is 7. The van der Waals surface area contributed by atoms with Gasteiger partial charge in [-0.25, -0.2) is 4.98 Å². The van der Waals surface area contributed by atoms with Gasteiger partial charge in [-0.15, -0.1) is 24.0 Å². The van der Waals surface area contributed by atoms with Crippen molar-refractivity contribution < 1.29 is 4.74 Å². The summed E-state index contributed by atoms with van der Waals surface area (Å²) in [7, 11) is 3.95. The van der Waals surface area contributed by atoms with Crippen LogP contribution in [-0.2, 0) is 17.8 Å². The van der Waals surface area contributed by atoms with Crippen molar-refractivity contribution in [3.63, 3.8) is 0 Å². The maximum absolute atomic E-state index is 5.43. The number of nitrogens with zero attached hydrogens (tertiary/aromatic N) is 4. The molecule has 0 atom stereocenters. The van der Waals surface area contributed by atoms with Crippen LogP contribution in [0.1, 0.15) is 38.9 Å². The van der Waals surface area contributed by atoms with E-state index in [4.69, 9.17) is 4.74 Å². The third kappa shape index (κ3) is 7.52. The SMILES string of the molecule is CN=C(NCc1nccn1CC(C)C)N(C)CCC1CCOCC1.I. The Bertz CT molecular complexity index is 511. The Balaban J connectivity index is 0.00000312. The molecule has 0 amide bonds. The van der Waals surface area contributed by atoms with Gasteiger partial charge in [0.1, 0.15) is 5.82 Å². The lowest BCUT2D eigenvalue weighted by Gasteiger charge is -2.26. The van der Waals surface area contributed by atoms with Crippen molar-refractivity contribution in [2.24, 2.45) is 16.8 Å². The number of hydrogen-bond acceptors (Lipinski definition) is 3. The first-order chi connectivity index (χ1) is 11.6. The lowest BCUT2D eigenvalue weighted by atomic mass is 9.96. The second-order valence-corrected chi connectivity index (χ2v) is 7.06. The summed E-state index contributed by atoms with van der Waals surface area (Å²) in [6, 6.07) is 0. The number of aromatic nitrogens is 2. The van der Waals surface area contributed by atoms with Gasteiger partial charge < -0.3 is 19.5 Å². The summed E-state index contributed by atoms with van der Waals surface area (Å²) in [5, 5.41) is 3.44. The predicted molar refractivity (Wildman–Crippen MR) is 113 cm³/mol. The number of ether oxygens (including phenoxy) is 1. The van der Waals surface area contributed by atoms with E-state index in [9.17, 15) is 0 Å². The van der Waals surface area contributed by atoms with Crippen molar-refractivity contribution in [1.29, 1.82) is 0 Å². The van der Waals surface area contributed by atoms with Crippen LogP contribution in [0.25, 0.3) is 0 Å². The Morgan fingerprint density at radius 2 is 2.16 bits per heavy atom. The van der Waals surface area contributed by atoms with E-state index >= 15 is 0 Å². The molecule has 0 bridgehead atoms. The van der Waals surface area contributed by atoms with E-state index in [1.807, 2.05) is 13.2 Å². The van der Waals surface area contributed by atoms with Crippen LogP contribution in [-0.4, -0.2) is 54.3 Å². The average Bonchev–Trinajstić information content (AvgIpc) is 3.01. The molecule has 1 aliphatic heterocycles. The van der Waals surface area contributed by atoms with Crippen LogP contribution in [0.15, 0.2) is 17.4 Å². The van der Waals surface area contributed by atoms with Crippen LogP contribution in [0, 0.1) is 11.8 Å². The molecule has 6 nitrogen and oxygen atoms in total. The highest BCUT2D eigenvalue weighted by Gasteiger charge is 2.15. The first-order valence-corrected chi connectivity index (χ1v) is 9.09. The fourth-order valence-electron chi connectivity index (χ4n) is 3.13. The molecule has 1 N–H and O–H groups in total. The molecule has 1 aromatic rings. The molecule has 0 aromatic carbocycles. The highest BCUT2D eigenvalue weighted by atomic mass is 127. The molecule has 0 unspecified atom stereocenters. The van der Waals surface area contributed by atoms with Crippen molar-refractivity contribution in [1.82, 2.24) is 19.8 Å². The van der Waals surface area contributed by atoms with Crippen LogP contribution in [0.5, 0.6) is 0 Å². The van der Waals surface area contributed by atoms with E-state index in [1.54, 1.807) is 0 Å². The van der Waals surface area contributed by atoms with Gasteiger partial charge in [0.25, 0.3) is 0 Å². The molecule has 0 radical (unpaired) electrons. The molecule has 1 fully saturated rings. The number of nitrogens with one attached hydrogen (secondary N) is 1. The second kappa shape index (κ2) is 11.7. The summed E-state index contributed by atoms with van der Waals surface area (Å²) in [5.41, 5.74) is 0. The molecule has 25 heavy (non-hydrogen) atoms. The summed E-state index contributed by atoms with van der Waals surface area (Å²) in [6.45, 7) is 8.99. The lowest BCUT2D eigenvalue weighted by molar-refractivity contribution is 0.0625. The van der Waals surface area contributed by atoms with Crippen molar-refractivity contribution >= 4 is 29.9 Å². The minimum absolute atomic E-state index is 0. The van der Waals surface area contributed by atoms with Gasteiger partial charge in [0.2, 0.25) is 0 Å². The van der Waals surface area contributed by atoms with Gasteiger partial charge in [-0.3, -0.25) is 4.99 Å². The van der Waals surface area contributed by atoms with E-state index in [2.05, 4.69) is 51.9 Å². The Kier molecular flexibility index (Phi) is 10.4. The van der Waals surface area contributed by atoms with Crippen LogP contribution < -0.4 is 5.32 Å². The van der Waals surface area contributed by atoms with Gasteiger partial charge >= 0.3 is 0 Å². The van der Waals surface area contributed by atoms with Crippen LogP contribution in [0.2, 0.25) is 0 Å². The van der Waals surface area contributed by atoms with Gasteiger partial charge in [0.05, 0.1) is 6.54 Å². The Hall–Kier alpha value is -0.830. The Morgan fingerprint density at radius 3 is 2.80 bits per heavy atom. The van der Waals surface area contributed by atoms with E-state index < -0.39 is 0 Å². The third-order valence-electron chi connectivity index (χ3n) is 4.56. The Morgan fingerprint density at radius 1 is 1.44 bits per heavy atom.